The Labute approximate surface area is 204 Å². The van der Waals surface area contributed by atoms with Crippen molar-refractivity contribution in [3.63, 3.8) is 0 Å². The van der Waals surface area contributed by atoms with E-state index in [9.17, 15) is 18.0 Å². The van der Waals surface area contributed by atoms with Gasteiger partial charge in [0.15, 0.2) is 9.84 Å². The van der Waals surface area contributed by atoms with Crippen molar-refractivity contribution in [3.8, 4) is 11.1 Å². The SMILES string of the molecule is CS(=O)(=O)c1cc(NC(=O)CCCSCNC(=O)Nc2ccccc2)ccc1-c1ccccc1. The molecule has 0 aliphatic rings. The normalized spacial score (nSPS) is 11.0. The summed E-state index contributed by atoms with van der Waals surface area (Å²) in [5.41, 5.74) is 2.56. The summed E-state index contributed by atoms with van der Waals surface area (Å²) < 4.78 is 24.7. The van der Waals surface area contributed by atoms with E-state index < -0.39 is 9.84 Å². The third kappa shape index (κ3) is 7.93. The number of carbonyl (C=O) groups is 2. The highest BCUT2D eigenvalue weighted by molar-refractivity contribution is 7.99. The number of urea groups is 1. The van der Waals surface area contributed by atoms with Gasteiger partial charge in [0.25, 0.3) is 0 Å². The van der Waals surface area contributed by atoms with Crippen molar-refractivity contribution in [2.75, 3.05) is 28.5 Å². The summed E-state index contributed by atoms with van der Waals surface area (Å²) in [6, 6.07) is 23.1. The van der Waals surface area contributed by atoms with Crippen LogP contribution in [0.25, 0.3) is 11.1 Å². The summed E-state index contributed by atoms with van der Waals surface area (Å²) in [4.78, 5) is 24.3. The standard InChI is InChI=1S/C25H27N3O4S2/c1-34(31,32)23-17-21(14-15-22(23)19-9-4-2-5-10-19)27-24(29)13-8-16-33-18-26-25(30)28-20-11-6-3-7-12-20/h2-7,9-12,14-15,17H,8,13,16,18H2,1H3,(H,27,29)(H2,26,28,30). The molecule has 9 heteroatoms. The van der Waals surface area contributed by atoms with Crippen LogP contribution >= 0.6 is 11.8 Å². The Morgan fingerprint density at radius 2 is 1.53 bits per heavy atom. The largest absolute Gasteiger partial charge is 0.329 e. The molecule has 0 atom stereocenters. The lowest BCUT2D eigenvalue weighted by molar-refractivity contribution is -0.116. The van der Waals surface area contributed by atoms with Crippen molar-refractivity contribution in [2.24, 2.45) is 0 Å². The van der Waals surface area contributed by atoms with Crippen molar-refractivity contribution in [3.05, 3.63) is 78.9 Å². The molecule has 0 fully saturated rings. The maximum Gasteiger partial charge on any atom is 0.319 e. The Morgan fingerprint density at radius 1 is 0.853 bits per heavy atom. The molecule has 0 spiro atoms. The second-order valence-electron chi connectivity index (χ2n) is 7.55. The Morgan fingerprint density at radius 3 is 2.21 bits per heavy atom. The number of amides is 3. The van der Waals surface area contributed by atoms with Gasteiger partial charge in [-0.25, -0.2) is 13.2 Å². The summed E-state index contributed by atoms with van der Waals surface area (Å²) in [5.74, 6) is 0.932. The van der Waals surface area contributed by atoms with E-state index in [1.807, 2.05) is 48.5 Å². The van der Waals surface area contributed by atoms with Crippen LogP contribution < -0.4 is 16.0 Å². The molecule has 34 heavy (non-hydrogen) atoms. The maximum atomic E-state index is 12.3. The summed E-state index contributed by atoms with van der Waals surface area (Å²) in [7, 11) is -3.49. The van der Waals surface area contributed by atoms with Crippen LogP contribution in [0.15, 0.2) is 83.8 Å². The van der Waals surface area contributed by atoms with E-state index in [2.05, 4.69) is 16.0 Å². The molecule has 0 aliphatic carbocycles. The Balaban J connectivity index is 1.44. The van der Waals surface area contributed by atoms with Crippen LogP contribution in [0, 0.1) is 0 Å². The van der Waals surface area contributed by atoms with E-state index in [-0.39, 0.29) is 23.3 Å². The monoisotopic (exact) mass is 497 g/mol. The first-order valence-corrected chi connectivity index (χ1v) is 13.7. The predicted molar refractivity (Wildman–Crippen MR) is 139 cm³/mol. The van der Waals surface area contributed by atoms with Gasteiger partial charge in [0.2, 0.25) is 5.91 Å². The van der Waals surface area contributed by atoms with Crippen molar-refractivity contribution in [2.45, 2.75) is 17.7 Å². The number of sulfone groups is 1. The molecule has 0 heterocycles. The second kappa shape index (κ2) is 12.2. The minimum atomic E-state index is -3.49. The fraction of sp³-hybridized carbons (Fsp3) is 0.200. The molecular formula is C25H27N3O4S2. The van der Waals surface area contributed by atoms with Crippen LogP contribution in [-0.2, 0) is 14.6 Å². The van der Waals surface area contributed by atoms with Gasteiger partial charge >= 0.3 is 6.03 Å². The predicted octanol–water partition coefficient (Wildman–Crippen LogP) is 4.99. The molecule has 0 radical (unpaired) electrons. The highest BCUT2D eigenvalue weighted by Crippen LogP contribution is 2.30. The number of benzene rings is 3. The van der Waals surface area contributed by atoms with Gasteiger partial charge in [0.05, 0.1) is 10.8 Å². The number of thioether (sulfide) groups is 1. The van der Waals surface area contributed by atoms with Crippen molar-refractivity contribution in [1.82, 2.24) is 5.32 Å². The van der Waals surface area contributed by atoms with E-state index in [1.54, 1.807) is 24.3 Å². The van der Waals surface area contributed by atoms with Crippen LogP contribution in [0.5, 0.6) is 0 Å². The van der Waals surface area contributed by atoms with Gasteiger partial charge in [-0.1, -0.05) is 54.6 Å². The van der Waals surface area contributed by atoms with Gasteiger partial charge in [-0.3, -0.25) is 4.79 Å². The van der Waals surface area contributed by atoms with Gasteiger partial charge in [-0.05, 0) is 42.0 Å². The third-order valence-corrected chi connectivity index (χ3v) is 6.87. The van der Waals surface area contributed by atoms with E-state index >= 15 is 0 Å². The quantitative estimate of drug-likeness (QED) is 0.270. The van der Waals surface area contributed by atoms with Crippen LogP contribution in [0.1, 0.15) is 12.8 Å². The van der Waals surface area contributed by atoms with Crippen LogP contribution in [-0.4, -0.2) is 38.2 Å². The van der Waals surface area contributed by atoms with Gasteiger partial charge in [-0.15, -0.1) is 11.8 Å². The van der Waals surface area contributed by atoms with Crippen LogP contribution in [0.4, 0.5) is 16.2 Å². The lowest BCUT2D eigenvalue weighted by Gasteiger charge is -2.12. The molecular weight excluding hydrogens is 470 g/mol. The number of nitrogens with one attached hydrogen (secondary N) is 3. The van der Waals surface area contributed by atoms with Gasteiger partial charge in [-0.2, -0.15) is 0 Å². The molecule has 178 valence electrons. The fourth-order valence-corrected chi connectivity index (χ4v) is 4.86. The molecule has 0 aliphatic heterocycles. The Hall–Kier alpha value is -3.30. The number of para-hydroxylation sites is 1. The average Bonchev–Trinajstić information content (AvgIpc) is 2.82. The molecule has 3 amide bonds. The topological polar surface area (TPSA) is 104 Å². The third-order valence-electron chi connectivity index (χ3n) is 4.81. The van der Waals surface area contributed by atoms with E-state index in [1.165, 1.54) is 17.8 Å². The van der Waals surface area contributed by atoms with Crippen LogP contribution in [0.2, 0.25) is 0 Å². The van der Waals surface area contributed by atoms with Gasteiger partial charge < -0.3 is 16.0 Å². The molecule has 3 rings (SSSR count). The number of hydrogen-bond donors (Lipinski definition) is 3. The first-order chi connectivity index (χ1) is 16.3. The second-order valence-corrected chi connectivity index (χ2v) is 10.6. The summed E-state index contributed by atoms with van der Waals surface area (Å²) in [6.07, 6.45) is 2.07. The minimum Gasteiger partial charge on any atom is -0.329 e. The molecule has 0 aromatic heterocycles. The molecule has 3 aromatic rings. The highest BCUT2D eigenvalue weighted by Gasteiger charge is 2.16. The number of rotatable bonds is 10. The summed E-state index contributed by atoms with van der Waals surface area (Å²) >= 11 is 1.51. The van der Waals surface area contributed by atoms with Gasteiger partial charge in [0.1, 0.15) is 0 Å². The van der Waals surface area contributed by atoms with Crippen molar-refractivity contribution in [1.29, 1.82) is 0 Å². The van der Waals surface area contributed by atoms with E-state index in [4.69, 9.17) is 0 Å². The zero-order valence-electron chi connectivity index (χ0n) is 18.8. The molecule has 3 aromatic carbocycles. The summed E-state index contributed by atoms with van der Waals surface area (Å²) in [5, 5.41) is 8.27. The van der Waals surface area contributed by atoms with Gasteiger partial charge in [0, 0.05) is 29.6 Å². The summed E-state index contributed by atoms with van der Waals surface area (Å²) in [6.45, 7) is 0. The van der Waals surface area contributed by atoms with E-state index in [0.717, 1.165) is 17.5 Å². The molecule has 0 saturated carbocycles. The first-order valence-electron chi connectivity index (χ1n) is 10.7. The number of anilines is 2. The zero-order chi connectivity index (χ0) is 24.4. The average molecular weight is 498 g/mol. The molecule has 3 N–H and O–H groups in total. The lowest BCUT2D eigenvalue weighted by Crippen LogP contribution is -2.28. The molecule has 7 nitrogen and oxygen atoms in total. The van der Waals surface area contributed by atoms with Crippen LogP contribution in [0.3, 0.4) is 0 Å². The lowest BCUT2D eigenvalue weighted by atomic mass is 10.1. The number of carbonyl (C=O) groups excluding carboxylic acids is 2. The molecule has 0 saturated heterocycles. The van der Waals surface area contributed by atoms with Crippen molar-refractivity contribution >= 4 is 44.9 Å². The Kier molecular flexibility index (Phi) is 9.12. The maximum absolute atomic E-state index is 12.3. The highest BCUT2D eigenvalue weighted by atomic mass is 32.2. The smallest absolute Gasteiger partial charge is 0.319 e. The zero-order valence-corrected chi connectivity index (χ0v) is 20.4. The first kappa shape index (κ1) is 25.3. The van der Waals surface area contributed by atoms with E-state index in [0.29, 0.717) is 29.3 Å². The minimum absolute atomic E-state index is 0.173. The van der Waals surface area contributed by atoms with Crippen molar-refractivity contribution < 1.29 is 18.0 Å². The number of hydrogen-bond acceptors (Lipinski definition) is 5. The fourth-order valence-electron chi connectivity index (χ4n) is 3.21. The molecule has 0 unspecified atom stereocenters. The Bertz CT molecular complexity index is 1220. The molecule has 0 bridgehead atoms.